The van der Waals surface area contributed by atoms with Gasteiger partial charge in [0.25, 0.3) is 5.91 Å². The maximum atomic E-state index is 11.7. The van der Waals surface area contributed by atoms with Gasteiger partial charge in [0.15, 0.2) is 5.69 Å². The van der Waals surface area contributed by atoms with Crippen molar-refractivity contribution in [2.45, 2.75) is 19.9 Å². The fourth-order valence-electron chi connectivity index (χ4n) is 1.91. The van der Waals surface area contributed by atoms with Crippen LogP contribution in [0.5, 0.6) is 0 Å². The number of carbonyl (C=O) groups excluding carboxylic acids is 1. The molecule has 0 fully saturated rings. The molecule has 1 amide bonds. The first-order valence-corrected chi connectivity index (χ1v) is 6.86. The molecule has 2 rings (SSSR count). The number of carbonyl (C=O) groups is 1. The van der Waals surface area contributed by atoms with Crippen LogP contribution in [0, 0.1) is 6.92 Å². The van der Waals surface area contributed by atoms with Crippen molar-refractivity contribution < 1.29 is 4.79 Å². The molecule has 0 aliphatic rings. The lowest BCUT2D eigenvalue weighted by molar-refractivity contribution is 0.0821. The van der Waals surface area contributed by atoms with Crippen LogP contribution in [0.15, 0.2) is 36.4 Å². The van der Waals surface area contributed by atoms with E-state index >= 15 is 0 Å². The summed E-state index contributed by atoms with van der Waals surface area (Å²) < 4.78 is 0. The Morgan fingerprint density at radius 3 is 2.29 bits per heavy atom. The summed E-state index contributed by atoms with van der Waals surface area (Å²) in [6, 6.07) is 11.9. The highest BCUT2D eigenvalue weighted by Gasteiger charge is 2.11. The zero-order chi connectivity index (χ0) is 15.4. The Morgan fingerprint density at radius 1 is 1.10 bits per heavy atom. The first kappa shape index (κ1) is 15.0. The van der Waals surface area contributed by atoms with E-state index < -0.39 is 0 Å². The number of amides is 1. The molecule has 5 heteroatoms. The molecule has 0 spiro atoms. The van der Waals surface area contributed by atoms with Gasteiger partial charge in [-0.3, -0.25) is 4.79 Å². The Bertz CT molecular complexity index is 605. The van der Waals surface area contributed by atoms with E-state index in [9.17, 15) is 4.79 Å². The van der Waals surface area contributed by atoms with Crippen molar-refractivity contribution in [2.75, 3.05) is 19.4 Å². The van der Waals surface area contributed by atoms with Crippen LogP contribution in [0.1, 0.15) is 34.6 Å². The van der Waals surface area contributed by atoms with Gasteiger partial charge in [-0.2, -0.15) is 0 Å². The number of aryl methyl sites for hydroxylation is 1. The van der Waals surface area contributed by atoms with Crippen LogP contribution < -0.4 is 5.32 Å². The van der Waals surface area contributed by atoms with E-state index in [1.54, 1.807) is 26.2 Å². The van der Waals surface area contributed by atoms with Gasteiger partial charge in [0.1, 0.15) is 5.82 Å². The minimum Gasteiger partial charge on any atom is -0.362 e. The molecule has 0 saturated carbocycles. The highest BCUT2D eigenvalue weighted by Crippen LogP contribution is 2.18. The van der Waals surface area contributed by atoms with Gasteiger partial charge in [-0.1, -0.05) is 29.8 Å². The smallest absolute Gasteiger partial charge is 0.273 e. The molecule has 1 N–H and O–H groups in total. The molecule has 0 bridgehead atoms. The van der Waals surface area contributed by atoms with E-state index in [-0.39, 0.29) is 11.9 Å². The fraction of sp³-hybridized carbons (Fsp3) is 0.312. The lowest BCUT2D eigenvalue weighted by Gasteiger charge is -2.15. The van der Waals surface area contributed by atoms with Crippen LogP contribution in [0.25, 0.3) is 0 Å². The second-order valence-corrected chi connectivity index (χ2v) is 5.28. The van der Waals surface area contributed by atoms with E-state index in [0.29, 0.717) is 11.5 Å². The maximum absolute atomic E-state index is 11.7. The summed E-state index contributed by atoms with van der Waals surface area (Å²) >= 11 is 0. The second kappa shape index (κ2) is 6.35. The number of rotatable bonds is 4. The largest absolute Gasteiger partial charge is 0.362 e. The third kappa shape index (κ3) is 3.78. The molecule has 0 radical (unpaired) electrons. The van der Waals surface area contributed by atoms with Gasteiger partial charge in [0.2, 0.25) is 0 Å². The number of aromatic nitrogens is 2. The average Bonchev–Trinajstić information content (AvgIpc) is 2.47. The predicted octanol–water partition coefficient (Wildman–Crippen LogP) is 2.66. The topological polar surface area (TPSA) is 58.1 Å². The molecule has 1 aromatic heterocycles. The SMILES string of the molecule is Cc1ccc(C(C)Nc2ccc(C(=O)N(C)C)nn2)cc1. The number of nitrogens with zero attached hydrogens (tertiary/aromatic N) is 3. The van der Waals surface area contributed by atoms with E-state index in [1.807, 2.05) is 0 Å². The van der Waals surface area contributed by atoms with E-state index in [1.165, 1.54) is 16.0 Å². The molecule has 0 saturated heterocycles. The summed E-state index contributed by atoms with van der Waals surface area (Å²) in [4.78, 5) is 13.2. The predicted molar refractivity (Wildman–Crippen MR) is 83.3 cm³/mol. The lowest BCUT2D eigenvalue weighted by Crippen LogP contribution is -2.23. The lowest BCUT2D eigenvalue weighted by atomic mass is 10.1. The fourth-order valence-corrected chi connectivity index (χ4v) is 1.91. The van der Waals surface area contributed by atoms with E-state index in [0.717, 1.165) is 0 Å². The number of anilines is 1. The van der Waals surface area contributed by atoms with E-state index in [4.69, 9.17) is 0 Å². The number of hydrogen-bond donors (Lipinski definition) is 1. The zero-order valence-corrected chi connectivity index (χ0v) is 12.8. The Hall–Kier alpha value is -2.43. The first-order valence-electron chi connectivity index (χ1n) is 6.86. The normalized spacial score (nSPS) is 11.8. The maximum Gasteiger partial charge on any atom is 0.273 e. The van der Waals surface area contributed by atoms with Gasteiger partial charge in [0, 0.05) is 20.1 Å². The van der Waals surface area contributed by atoms with Crippen LogP contribution in [-0.4, -0.2) is 35.1 Å². The Kier molecular flexibility index (Phi) is 4.52. The molecule has 0 aliphatic carbocycles. The highest BCUT2D eigenvalue weighted by atomic mass is 16.2. The van der Waals surface area contributed by atoms with Crippen molar-refractivity contribution in [1.82, 2.24) is 15.1 Å². The molecule has 1 heterocycles. The molecule has 5 nitrogen and oxygen atoms in total. The van der Waals surface area contributed by atoms with Gasteiger partial charge < -0.3 is 10.2 Å². The van der Waals surface area contributed by atoms with Crippen LogP contribution >= 0.6 is 0 Å². The molecule has 1 atom stereocenters. The molecular formula is C16H20N4O. The molecule has 1 unspecified atom stereocenters. The molecule has 2 aromatic rings. The van der Waals surface area contributed by atoms with Crippen molar-refractivity contribution >= 4 is 11.7 Å². The number of hydrogen-bond acceptors (Lipinski definition) is 4. The van der Waals surface area contributed by atoms with Gasteiger partial charge in [-0.15, -0.1) is 10.2 Å². The van der Waals surface area contributed by atoms with Crippen LogP contribution in [0.4, 0.5) is 5.82 Å². The summed E-state index contributed by atoms with van der Waals surface area (Å²) in [5, 5.41) is 11.3. The first-order chi connectivity index (χ1) is 9.97. The summed E-state index contributed by atoms with van der Waals surface area (Å²) in [6.07, 6.45) is 0. The van der Waals surface area contributed by atoms with Gasteiger partial charge in [-0.05, 0) is 31.5 Å². The number of benzene rings is 1. The molecule has 1 aromatic carbocycles. The molecular weight excluding hydrogens is 264 g/mol. The molecule has 0 aliphatic heterocycles. The summed E-state index contributed by atoms with van der Waals surface area (Å²) in [6.45, 7) is 4.12. The summed E-state index contributed by atoms with van der Waals surface area (Å²) in [5.41, 5.74) is 2.75. The van der Waals surface area contributed by atoms with Gasteiger partial charge in [0.05, 0.1) is 0 Å². The van der Waals surface area contributed by atoms with E-state index in [2.05, 4.69) is 53.6 Å². The molecule has 110 valence electrons. The van der Waals surface area contributed by atoms with Crippen LogP contribution in [0.3, 0.4) is 0 Å². The zero-order valence-electron chi connectivity index (χ0n) is 12.8. The van der Waals surface area contributed by atoms with Crippen molar-refractivity contribution in [1.29, 1.82) is 0 Å². The molecule has 21 heavy (non-hydrogen) atoms. The summed E-state index contributed by atoms with van der Waals surface area (Å²) in [5.74, 6) is 0.499. The van der Waals surface area contributed by atoms with Crippen molar-refractivity contribution in [3.63, 3.8) is 0 Å². The van der Waals surface area contributed by atoms with Gasteiger partial charge >= 0.3 is 0 Å². The van der Waals surface area contributed by atoms with Crippen molar-refractivity contribution in [3.05, 3.63) is 53.2 Å². The van der Waals surface area contributed by atoms with Gasteiger partial charge in [-0.25, -0.2) is 0 Å². The van der Waals surface area contributed by atoms with Crippen LogP contribution in [-0.2, 0) is 0 Å². The monoisotopic (exact) mass is 284 g/mol. The average molecular weight is 284 g/mol. The summed E-state index contributed by atoms with van der Waals surface area (Å²) in [7, 11) is 3.38. The minimum atomic E-state index is -0.152. The Balaban J connectivity index is 2.06. The quantitative estimate of drug-likeness (QED) is 0.937. The van der Waals surface area contributed by atoms with Crippen molar-refractivity contribution in [2.24, 2.45) is 0 Å². The number of nitrogens with one attached hydrogen (secondary N) is 1. The van der Waals surface area contributed by atoms with Crippen LogP contribution in [0.2, 0.25) is 0 Å². The Labute approximate surface area is 125 Å². The minimum absolute atomic E-state index is 0.121. The second-order valence-electron chi connectivity index (χ2n) is 5.28. The standard InChI is InChI=1S/C16H20N4O/c1-11-5-7-13(8-6-11)12(2)17-15-10-9-14(18-19-15)16(21)20(3)4/h5-10,12H,1-4H3,(H,17,19). The third-order valence-electron chi connectivity index (χ3n) is 3.23. The third-order valence-corrected chi connectivity index (χ3v) is 3.23. The van der Waals surface area contributed by atoms with Crippen molar-refractivity contribution in [3.8, 4) is 0 Å². The Morgan fingerprint density at radius 2 is 1.76 bits per heavy atom. The highest BCUT2D eigenvalue weighted by molar-refractivity contribution is 5.91.